The zero-order valence-electron chi connectivity index (χ0n) is 13.0. The van der Waals surface area contributed by atoms with Crippen molar-refractivity contribution in [2.24, 2.45) is 0 Å². The first-order valence-corrected chi connectivity index (χ1v) is 8.64. The van der Waals surface area contributed by atoms with Gasteiger partial charge in [-0.05, 0) is 44.3 Å². The SMILES string of the molecule is COc1ccc(S(=O)(=O)N(C)CCN(C)C)c(CCCl)c1. The van der Waals surface area contributed by atoms with Crippen LogP contribution in [-0.4, -0.2) is 64.8 Å². The molecule has 0 aliphatic carbocycles. The highest BCUT2D eigenvalue weighted by atomic mass is 35.5. The number of halogens is 1. The molecule has 0 unspecified atom stereocenters. The van der Waals surface area contributed by atoms with Gasteiger partial charge in [-0.15, -0.1) is 11.6 Å². The van der Waals surface area contributed by atoms with Gasteiger partial charge in [-0.2, -0.15) is 4.31 Å². The monoisotopic (exact) mass is 334 g/mol. The van der Waals surface area contributed by atoms with Crippen molar-refractivity contribution < 1.29 is 13.2 Å². The molecule has 0 aliphatic heterocycles. The molecule has 7 heteroatoms. The lowest BCUT2D eigenvalue weighted by atomic mass is 10.1. The van der Waals surface area contributed by atoms with Crippen LogP contribution in [0.1, 0.15) is 5.56 Å². The zero-order valence-corrected chi connectivity index (χ0v) is 14.5. The molecule has 0 bridgehead atoms. The second-order valence-corrected chi connectivity index (χ2v) is 7.43. The van der Waals surface area contributed by atoms with Crippen LogP contribution in [0.5, 0.6) is 5.75 Å². The molecule has 21 heavy (non-hydrogen) atoms. The molecule has 0 atom stereocenters. The predicted molar refractivity (Wildman–Crippen MR) is 85.8 cm³/mol. The van der Waals surface area contributed by atoms with E-state index in [1.54, 1.807) is 32.4 Å². The Morgan fingerprint density at radius 2 is 1.86 bits per heavy atom. The Hall–Kier alpha value is -0.820. The standard InChI is InChI=1S/C14H23ClN2O3S/c1-16(2)9-10-17(3)21(18,19)14-6-5-13(20-4)11-12(14)7-8-15/h5-6,11H,7-10H2,1-4H3. The molecule has 0 spiro atoms. The Balaban J connectivity index is 3.11. The van der Waals surface area contributed by atoms with Gasteiger partial charge < -0.3 is 9.64 Å². The number of likely N-dealkylation sites (N-methyl/N-ethyl adjacent to an activating group) is 2. The van der Waals surface area contributed by atoms with Crippen molar-refractivity contribution in [2.45, 2.75) is 11.3 Å². The number of sulfonamides is 1. The summed E-state index contributed by atoms with van der Waals surface area (Å²) in [7, 11) is 3.44. The Bertz CT molecular complexity index is 561. The third-order valence-electron chi connectivity index (χ3n) is 3.18. The van der Waals surface area contributed by atoms with Crippen molar-refractivity contribution in [2.75, 3.05) is 47.2 Å². The van der Waals surface area contributed by atoms with Crippen LogP contribution in [0.15, 0.2) is 23.1 Å². The van der Waals surface area contributed by atoms with E-state index in [4.69, 9.17) is 16.3 Å². The van der Waals surface area contributed by atoms with Crippen LogP contribution in [0.4, 0.5) is 0 Å². The Labute approximate surface area is 132 Å². The summed E-state index contributed by atoms with van der Waals surface area (Å²) in [6.45, 7) is 1.10. The number of rotatable bonds is 8. The smallest absolute Gasteiger partial charge is 0.243 e. The average Bonchev–Trinajstić information content (AvgIpc) is 2.44. The van der Waals surface area contributed by atoms with Crippen molar-refractivity contribution in [3.05, 3.63) is 23.8 Å². The number of methoxy groups -OCH3 is 1. The minimum Gasteiger partial charge on any atom is -0.497 e. The average molecular weight is 335 g/mol. The summed E-state index contributed by atoms with van der Waals surface area (Å²) in [4.78, 5) is 2.24. The molecule has 0 aromatic heterocycles. The molecular weight excluding hydrogens is 312 g/mol. The first-order chi connectivity index (χ1) is 9.82. The summed E-state index contributed by atoms with van der Waals surface area (Å²) < 4.78 is 31.8. The molecule has 120 valence electrons. The first kappa shape index (κ1) is 18.2. The molecule has 0 amide bonds. The third-order valence-corrected chi connectivity index (χ3v) is 5.33. The molecule has 1 aromatic carbocycles. The fourth-order valence-corrected chi connectivity index (χ4v) is 3.45. The molecule has 0 aliphatic rings. The van der Waals surface area contributed by atoms with E-state index < -0.39 is 10.0 Å². The second kappa shape index (κ2) is 7.98. The minimum absolute atomic E-state index is 0.296. The number of hydrogen-bond acceptors (Lipinski definition) is 4. The van der Waals surface area contributed by atoms with Crippen molar-refractivity contribution >= 4 is 21.6 Å². The van der Waals surface area contributed by atoms with Gasteiger partial charge in [0.05, 0.1) is 12.0 Å². The molecular formula is C14H23ClN2O3S. The Morgan fingerprint density at radius 1 is 1.19 bits per heavy atom. The molecule has 0 heterocycles. The largest absolute Gasteiger partial charge is 0.497 e. The lowest BCUT2D eigenvalue weighted by Crippen LogP contribution is -2.34. The highest BCUT2D eigenvalue weighted by Crippen LogP contribution is 2.25. The van der Waals surface area contributed by atoms with E-state index in [2.05, 4.69) is 0 Å². The second-order valence-electron chi connectivity index (χ2n) is 5.04. The van der Waals surface area contributed by atoms with E-state index in [-0.39, 0.29) is 0 Å². The number of benzene rings is 1. The van der Waals surface area contributed by atoms with E-state index in [0.29, 0.717) is 41.6 Å². The van der Waals surface area contributed by atoms with Crippen LogP contribution >= 0.6 is 11.6 Å². The van der Waals surface area contributed by atoms with Crippen LogP contribution in [0.2, 0.25) is 0 Å². The molecule has 0 saturated carbocycles. The fourth-order valence-electron chi connectivity index (χ4n) is 1.86. The summed E-state index contributed by atoms with van der Waals surface area (Å²) in [6.07, 6.45) is 0.481. The number of ether oxygens (including phenoxy) is 1. The highest BCUT2D eigenvalue weighted by molar-refractivity contribution is 7.89. The quantitative estimate of drug-likeness (QED) is 0.678. The summed E-state index contributed by atoms with van der Waals surface area (Å²) >= 11 is 5.78. The molecule has 1 aromatic rings. The van der Waals surface area contributed by atoms with E-state index in [9.17, 15) is 8.42 Å². The van der Waals surface area contributed by atoms with Crippen LogP contribution in [0.25, 0.3) is 0 Å². The topological polar surface area (TPSA) is 49.9 Å². The van der Waals surface area contributed by atoms with Crippen molar-refractivity contribution in [1.29, 1.82) is 0 Å². The van der Waals surface area contributed by atoms with Crippen molar-refractivity contribution in [3.8, 4) is 5.75 Å². The zero-order chi connectivity index (χ0) is 16.0. The maximum absolute atomic E-state index is 12.7. The molecule has 0 radical (unpaired) electrons. The molecule has 5 nitrogen and oxygen atoms in total. The van der Waals surface area contributed by atoms with Crippen molar-refractivity contribution in [1.82, 2.24) is 9.21 Å². The van der Waals surface area contributed by atoms with Gasteiger partial charge in [-0.25, -0.2) is 8.42 Å². The van der Waals surface area contributed by atoms with Gasteiger partial charge >= 0.3 is 0 Å². The Morgan fingerprint density at radius 3 is 2.38 bits per heavy atom. The number of aryl methyl sites for hydroxylation is 1. The van der Waals surface area contributed by atoms with E-state index in [1.165, 1.54) is 4.31 Å². The molecule has 0 fully saturated rings. The van der Waals surface area contributed by atoms with Crippen LogP contribution in [-0.2, 0) is 16.4 Å². The number of nitrogens with zero attached hydrogens (tertiary/aromatic N) is 2. The van der Waals surface area contributed by atoms with Gasteiger partial charge in [0.15, 0.2) is 0 Å². The normalized spacial score (nSPS) is 12.1. The predicted octanol–water partition coefficient (Wildman–Crippen LogP) is 1.66. The molecule has 1 rings (SSSR count). The van der Waals surface area contributed by atoms with E-state index in [0.717, 1.165) is 0 Å². The van der Waals surface area contributed by atoms with Crippen LogP contribution in [0, 0.1) is 0 Å². The van der Waals surface area contributed by atoms with Gasteiger partial charge in [0.25, 0.3) is 0 Å². The summed E-state index contributed by atoms with van der Waals surface area (Å²) in [5, 5.41) is 0. The van der Waals surface area contributed by atoms with E-state index >= 15 is 0 Å². The maximum Gasteiger partial charge on any atom is 0.243 e. The molecule has 0 saturated heterocycles. The third kappa shape index (κ3) is 4.85. The van der Waals surface area contributed by atoms with E-state index in [1.807, 2.05) is 19.0 Å². The van der Waals surface area contributed by atoms with Gasteiger partial charge in [0.2, 0.25) is 10.0 Å². The fraction of sp³-hybridized carbons (Fsp3) is 0.571. The number of alkyl halides is 1. The lowest BCUT2D eigenvalue weighted by Gasteiger charge is -2.21. The van der Waals surface area contributed by atoms with Crippen molar-refractivity contribution in [3.63, 3.8) is 0 Å². The summed E-state index contributed by atoms with van der Waals surface area (Å²) in [5.74, 6) is 0.988. The van der Waals surface area contributed by atoms with Gasteiger partial charge in [-0.3, -0.25) is 0 Å². The van der Waals surface area contributed by atoms with Gasteiger partial charge in [-0.1, -0.05) is 0 Å². The minimum atomic E-state index is -3.52. The van der Waals surface area contributed by atoms with Gasteiger partial charge in [0, 0.05) is 26.0 Å². The van der Waals surface area contributed by atoms with Crippen LogP contribution in [0.3, 0.4) is 0 Å². The highest BCUT2D eigenvalue weighted by Gasteiger charge is 2.24. The Kier molecular flexibility index (Phi) is 6.93. The maximum atomic E-state index is 12.7. The molecule has 0 N–H and O–H groups in total. The lowest BCUT2D eigenvalue weighted by molar-refractivity contribution is 0.358. The first-order valence-electron chi connectivity index (χ1n) is 6.67. The van der Waals surface area contributed by atoms with Crippen LogP contribution < -0.4 is 4.74 Å². The van der Waals surface area contributed by atoms with Gasteiger partial charge in [0.1, 0.15) is 5.75 Å². The summed E-state index contributed by atoms with van der Waals surface area (Å²) in [6, 6.07) is 4.97. The number of hydrogen-bond donors (Lipinski definition) is 0. The summed E-state index contributed by atoms with van der Waals surface area (Å²) in [5.41, 5.74) is 0.682.